The summed E-state index contributed by atoms with van der Waals surface area (Å²) in [4.78, 5) is 26.1. The molecule has 1 amide bonds. The van der Waals surface area contributed by atoms with Gasteiger partial charge in [0.15, 0.2) is 0 Å². The molecule has 106 valence electrons. The number of carbonyl (C=O) groups excluding carboxylic acids is 1. The van der Waals surface area contributed by atoms with E-state index < -0.39 is 6.10 Å². The minimum absolute atomic E-state index is 0.265. The van der Waals surface area contributed by atoms with E-state index in [0.29, 0.717) is 24.4 Å². The van der Waals surface area contributed by atoms with Crippen LogP contribution >= 0.6 is 0 Å². The zero-order valence-corrected chi connectivity index (χ0v) is 11.7. The van der Waals surface area contributed by atoms with Crippen LogP contribution in [0.5, 0.6) is 0 Å². The van der Waals surface area contributed by atoms with Crippen molar-refractivity contribution in [1.82, 2.24) is 10.3 Å². The van der Waals surface area contributed by atoms with Gasteiger partial charge in [0.05, 0.1) is 6.10 Å². The van der Waals surface area contributed by atoms with E-state index in [9.17, 15) is 9.59 Å². The third-order valence-corrected chi connectivity index (χ3v) is 2.64. The first-order valence-corrected chi connectivity index (χ1v) is 6.58. The Hall–Kier alpha value is -1.62. The fraction of sp³-hybridized carbons (Fsp3) is 0.571. The predicted octanol–water partition coefficient (Wildman–Crippen LogP) is 1.07. The minimum atomic E-state index is -0.448. The van der Waals surface area contributed by atoms with Gasteiger partial charge in [0, 0.05) is 23.9 Å². The molecule has 0 saturated carbocycles. The summed E-state index contributed by atoms with van der Waals surface area (Å²) in [6, 6.07) is 3.00. The van der Waals surface area contributed by atoms with Crippen LogP contribution in [0.1, 0.15) is 43.2 Å². The molecular weight excluding hydrogens is 244 g/mol. The summed E-state index contributed by atoms with van der Waals surface area (Å²) in [5.74, 6) is 0.126. The van der Waals surface area contributed by atoms with E-state index in [1.54, 1.807) is 13.0 Å². The molecule has 0 aliphatic carbocycles. The van der Waals surface area contributed by atoms with Gasteiger partial charge in [-0.05, 0) is 31.7 Å². The van der Waals surface area contributed by atoms with Crippen LogP contribution in [0.15, 0.2) is 16.9 Å². The number of aliphatic hydroxyl groups is 1. The number of aromatic amines is 1. The average molecular weight is 266 g/mol. The second kappa shape index (κ2) is 7.09. The van der Waals surface area contributed by atoms with Crippen molar-refractivity contribution in [3.63, 3.8) is 0 Å². The molecule has 1 atom stereocenters. The first kappa shape index (κ1) is 15.4. The minimum Gasteiger partial charge on any atom is -0.393 e. The Morgan fingerprint density at radius 1 is 1.37 bits per heavy atom. The third kappa shape index (κ3) is 5.70. The number of hydrogen-bond donors (Lipinski definition) is 3. The van der Waals surface area contributed by atoms with Crippen LogP contribution in [-0.4, -0.2) is 28.6 Å². The summed E-state index contributed by atoms with van der Waals surface area (Å²) in [6.07, 6.45) is 0.772. The fourth-order valence-corrected chi connectivity index (χ4v) is 1.78. The van der Waals surface area contributed by atoms with Crippen molar-refractivity contribution in [2.24, 2.45) is 5.92 Å². The molecule has 1 unspecified atom stereocenters. The molecule has 0 saturated heterocycles. The third-order valence-electron chi connectivity index (χ3n) is 2.64. The van der Waals surface area contributed by atoms with Gasteiger partial charge in [-0.25, -0.2) is 0 Å². The Labute approximate surface area is 113 Å². The van der Waals surface area contributed by atoms with E-state index in [1.165, 1.54) is 6.07 Å². The number of nitrogens with one attached hydrogen (secondary N) is 2. The Morgan fingerprint density at radius 2 is 2.05 bits per heavy atom. The summed E-state index contributed by atoms with van der Waals surface area (Å²) in [7, 11) is 0. The number of aromatic nitrogens is 1. The summed E-state index contributed by atoms with van der Waals surface area (Å²) in [5.41, 5.74) is 0.868. The van der Waals surface area contributed by atoms with Crippen molar-refractivity contribution < 1.29 is 9.90 Å². The maximum absolute atomic E-state index is 11.9. The number of carbonyl (C=O) groups is 1. The number of pyridine rings is 1. The van der Waals surface area contributed by atoms with Gasteiger partial charge >= 0.3 is 0 Å². The molecule has 0 spiro atoms. The summed E-state index contributed by atoms with van der Waals surface area (Å²) >= 11 is 0. The zero-order chi connectivity index (χ0) is 14.4. The van der Waals surface area contributed by atoms with Crippen LogP contribution in [0.2, 0.25) is 0 Å². The molecular formula is C14H22N2O3. The molecule has 1 aromatic heterocycles. The molecule has 0 bridgehead atoms. The van der Waals surface area contributed by atoms with Crippen LogP contribution in [0.3, 0.4) is 0 Å². The summed E-state index contributed by atoms with van der Waals surface area (Å²) in [6.45, 7) is 6.16. The van der Waals surface area contributed by atoms with Crippen molar-refractivity contribution >= 4 is 5.91 Å². The molecule has 0 aromatic carbocycles. The number of rotatable bonds is 6. The second-order valence-electron chi connectivity index (χ2n) is 5.25. The molecule has 5 heteroatoms. The van der Waals surface area contributed by atoms with E-state index in [4.69, 9.17) is 5.11 Å². The molecule has 5 nitrogen and oxygen atoms in total. The molecule has 3 N–H and O–H groups in total. The molecule has 0 aliphatic rings. The molecule has 19 heavy (non-hydrogen) atoms. The largest absolute Gasteiger partial charge is 0.393 e. The SMILES string of the molecule is CC(C)Cc1cc(C(=O)NCCC(C)O)cc(=O)[nH]1. The van der Waals surface area contributed by atoms with E-state index in [1.807, 2.05) is 13.8 Å². The first-order valence-electron chi connectivity index (χ1n) is 6.58. The molecule has 0 fully saturated rings. The van der Waals surface area contributed by atoms with Gasteiger partial charge in [-0.3, -0.25) is 9.59 Å². The van der Waals surface area contributed by atoms with Crippen LogP contribution in [-0.2, 0) is 6.42 Å². The Bertz CT molecular complexity index is 478. The van der Waals surface area contributed by atoms with Crippen LogP contribution in [0.4, 0.5) is 0 Å². The van der Waals surface area contributed by atoms with E-state index in [2.05, 4.69) is 10.3 Å². The summed E-state index contributed by atoms with van der Waals surface area (Å²) in [5, 5.41) is 11.8. The average Bonchev–Trinajstić information content (AvgIpc) is 2.26. The van der Waals surface area contributed by atoms with Crippen molar-refractivity contribution in [3.05, 3.63) is 33.7 Å². The Balaban J connectivity index is 2.73. The van der Waals surface area contributed by atoms with Gasteiger partial charge in [-0.15, -0.1) is 0 Å². The summed E-state index contributed by atoms with van der Waals surface area (Å²) < 4.78 is 0. The normalized spacial score (nSPS) is 12.5. The van der Waals surface area contributed by atoms with Gasteiger partial charge < -0.3 is 15.4 Å². The second-order valence-corrected chi connectivity index (χ2v) is 5.25. The highest BCUT2D eigenvalue weighted by Gasteiger charge is 2.09. The van der Waals surface area contributed by atoms with E-state index >= 15 is 0 Å². The molecule has 1 aromatic rings. The highest BCUT2D eigenvalue weighted by Crippen LogP contribution is 2.06. The first-order chi connectivity index (χ1) is 8.88. The standard InChI is InChI=1S/C14H22N2O3/c1-9(2)6-12-7-11(8-13(18)16-12)14(19)15-5-4-10(3)17/h7-10,17H,4-6H2,1-3H3,(H,15,19)(H,16,18). The number of aliphatic hydroxyl groups excluding tert-OH is 1. The Kier molecular flexibility index (Phi) is 5.76. The lowest BCUT2D eigenvalue weighted by atomic mass is 10.1. The Morgan fingerprint density at radius 3 is 2.63 bits per heavy atom. The van der Waals surface area contributed by atoms with Crippen molar-refractivity contribution in [1.29, 1.82) is 0 Å². The monoisotopic (exact) mass is 266 g/mol. The van der Waals surface area contributed by atoms with Crippen molar-refractivity contribution in [2.75, 3.05) is 6.54 Å². The molecule has 1 rings (SSSR count). The van der Waals surface area contributed by atoms with Crippen molar-refractivity contribution in [2.45, 2.75) is 39.7 Å². The molecule has 0 aliphatic heterocycles. The smallest absolute Gasteiger partial charge is 0.251 e. The van der Waals surface area contributed by atoms with Gasteiger partial charge in [0.1, 0.15) is 0 Å². The van der Waals surface area contributed by atoms with Crippen LogP contribution < -0.4 is 10.9 Å². The van der Waals surface area contributed by atoms with Gasteiger partial charge in [-0.2, -0.15) is 0 Å². The molecule has 1 heterocycles. The fourth-order valence-electron chi connectivity index (χ4n) is 1.78. The maximum atomic E-state index is 11.9. The maximum Gasteiger partial charge on any atom is 0.251 e. The van der Waals surface area contributed by atoms with Gasteiger partial charge in [0.25, 0.3) is 5.91 Å². The lowest BCUT2D eigenvalue weighted by Gasteiger charge is -2.09. The molecule has 0 radical (unpaired) electrons. The van der Waals surface area contributed by atoms with Crippen LogP contribution in [0, 0.1) is 5.92 Å². The number of H-pyrrole nitrogens is 1. The highest BCUT2D eigenvalue weighted by atomic mass is 16.3. The highest BCUT2D eigenvalue weighted by molar-refractivity contribution is 5.94. The van der Waals surface area contributed by atoms with E-state index in [-0.39, 0.29) is 11.5 Å². The number of amides is 1. The van der Waals surface area contributed by atoms with E-state index in [0.717, 1.165) is 12.1 Å². The van der Waals surface area contributed by atoms with Gasteiger partial charge in [0.2, 0.25) is 5.56 Å². The lowest BCUT2D eigenvalue weighted by molar-refractivity contribution is 0.0945. The quantitative estimate of drug-likeness (QED) is 0.720. The topological polar surface area (TPSA) is 82.2 Å². The predicted molar refractivity (Wildman–Crippen MR) is 74.2 cm³/mol. The van der Waals surface area contributed by atoms with Crippen LogP contribution in [0.25, 0.3) is 0 Å². The van der Waals surface area contributed by atoms with Crippen molar-refractivity contribution in [3.8, 4) is 0 Å². The lowest BCUT2D eigenvalue weighted by Crippen LogP contribution is -2.28. The number of hydrogen-bond acceptors (Lipinski definition) is 3. The van der Waals surface area contributed by atoms with Gasteiger partial charge in [-0.1, -0.05) is 13.8 Å². The zero-order valence-electron chi connectivity index (χ0n) is 11.7.